The van der Waals surface area contributed by atoms with Gasteiger partial charge in [-0.15, -0.1) is 11.8 Å². The third kappa shape index (κ3) is 4.79. The van der Waals surface area contributed by atoms with E-state index in [9.17, 15) is 13.2 Å². The average molecular weight is 453 g/mol. The van der Waals surface area contributed by atoms with Crippen molar-refractivity contribution in [2.75, 3.05) is 31.3 Å². The first-order valence-corrected chi connectivity index (χ1v) is 12.3. The van der Waals surface area contributed by atoms with Gasteiger partial charge in [-0.05, 0) is 55.2 Å². The summed E-state index contributed by atoms with van der Waals surface area (Å²) >= 11 is 7.82. The maximum atomic E-state index is 12.9. The molecule has 0 saturated heterocycles. The summed E-state index contributed by atoms with van der Waals surface area (Å²) < 4.78 is 26.0. The highest BCUT2D eigenvalue weighted by molar-refractivity contribution is 8.00. The number of hydrogen-bond acceptors (Lipinski definition) is 4. The number of hydrogen-bond donors (Lipinski definition) is 0. The molecule has 1 heterocycles. The smallest absolute Gasteiger partial charge is 0.242 e. The van der Waals surface area contributed by atoms with Gasteiger partial charge in [-0.1, -0.05) is 29.8 Å². The molecule has 8 heteroatoms. The Morgan fingerprint density at radius 3 is 2.66 bits per heavy atom. The van der Waals surface area contributed by atoms with Crippen LogP contribution in [0, 0.1) is 0 Å². The topological polar surface area (TPSA) is 57.7 Å². The number of thioether (sulfide) groups is 1. The van der Waals surface area contributed by atoms with E-state index in [1.54, 1.807) is 34.9 Å². The SMILES string of the molecule is CC(SCC(=O)N1CCCc2cc(S(=O)(=O)N(C)C)ccc21)c1ccccc1Cl. The van der Waals surface area contributed by atoms with Crippen LogP contribution in [0.2, 0.25) is 5.02 Å². The fourth-order valence-electron chi connectivity index (χ4n) is 3.37. The summed E-state index contributed by atoms with van der Waals surface area (Å²) in [5.41, 5.74) is 2.73. The molecule has 1 amide bonds. The van der Waals surface area contributed by atoms with Crippen molar-refractivity contribution in [2.45, 2.75) is 29.9 Å². The molecule has 2 aromatic rings. The van der Waals surface area contributed by atoms with Crippen LogP contribution < -0.4 is 4.90 Å². The van der Waals surface area contributed by atoms with E-state index in [1.807, 2.05) is 31.2 Å². The number of sulfonamides is 1. The van der Waals surface area contributed by atoms with Crippen LogP contribution in [-0.2, 0) is 21.2 Å². The van der Waals surface area contributed by atoms with Gasteiger partial charge in [0.2, 0.25) is 15.9 Å². The van der Waals surface area contributed by atoms with Crippen molar-refractivity contribution in [1.29, 1.82) is 0 Å². The molecule has 0 spiro atoms. The lowest BCUT2D eigenvalue weighted by Gasteiger charge is -2.30. The second kappa shape index (κ2) is 9.08. The Hall–Kier alpha value is -1.54. The quantitative estimate of drug-likeness (QED) is 0.653. The Morgan fingerprint density at radius 1 is 1.24 bits per heavy atom. The summed E-state index contributed by atoms with van der Waals surface area (Å²) in [7, 11) is -0.459. The van der Waals surface area contributed by atoms with Gasteiger partial charge in [0, 0.05) is 36.6 Å². The highest BCUT2D eigenvalue weighted by Crippen LogP contribution is 2.35. The highest BCUT2D eigenvalue weighted by atomic mass is 35.5. The largest absolute Gasteiger partial charge is 0.311 e. The number of amides is 1. The van der Waals surface area contributed by atoms with Crippen LogP contribution in [0.4, 0.5) is 5.69 Å². The molecule has 1 unspecified atom stereocenters. The van der Waals surface area contributed by atoms with Gasteiger partial charge in [-0.3, -0.25) is 4.79 Å². The molecule has 0 fully saturated rings. The molecule has 0 radical (unpaired) electrons. The fraction of sp³-hybridized carbons (Fsp3) is 0.381. The standard InChI is InChI=1S/C21H25ClN2O3S2/c1-15(18-8-4-5-9-19(18)22)28-14-21(25)24-12-6-7-16-13-17(10-11-20(16)24)29(26,27)23(2)3/h4-5,8-11,13,15H,6-7,12,14H2,1-3H3. The third-order valence-corrected chi connectivity index (χ3v) is 8.37. The Bertz CT molecular complexity index is 1010. The van der Waals surface area contributed by atoms with Gasteiger partial charge < -0.3 is 4.90 Å². The molecule has 0 saturated carbocycles. The first kappa shape index (κ1) is 22.2. The molecule has 1 aliphatic rings. The molecule has 156 valence electrons. The molecular formula is C21H25ClN2O3S2. The van der Waals surface area contributed by atoms with Crippen LogP contribution in [0.25, 0.3) is 0 Å². The van der Waals surface area contributed by atoms with E-state index in [-0.39, 0.29) is 16.1 Å². The van der Waals surface area contributed by atoms with Crippen LogP contribution in [0.5, 0.6) is 0 Å². The molecule has 0 bridgehead atoms. The Kier molecular flexibility index (Phi) is 6.94. The minimum atomic E-state index is -3.49. The lowest BCUT2D eigenvalue weighted by atomic mass is 10.0. The van der Waals surface area contributed by atoms with Gasteiger partial charge in [0.1, 0.15) is 0 Å². The number of anilines is 1. The second-order valence-electron chi connectivity index (χ2n) is 7.20. The predicted octanol–water partition coefficient (Wildman–Crippen LogP) is 4.36. The lowest BCUT2D eigenvalue weighted by molar-refractivity contribution is -0.116. The number of carbonyl (C=O) groups is 1. The Balaban J connectivity index is 1.74. The Morgan fingerprint density at radius 2 is 1.97 bits per heavy atom. The first-order chi connectivity index (χ1) is 13.7. The van der Waals surface area contributed by atoms with Gasteiger partial charge in [0.15, 0.2) is 0 Å². The van der Waals surface area contributed by atoms with Crippen LogP contribution in [0.1, 0.15) is 29.7 Å². The Labute approximate surface area is 182 Å². The number of halogens is 1. The van der Waals surface area contributed by atoms with Crippen molar-refractivity contribution < 1.29 is 13.2 Å². The minimum Gasteiger partial charge on any atom is -0.311 e. The zero-order chi connectivity index (χ0) is 21.2. The minimum absolute atomic E-state index is 0.0260. The normalized spacial score (nSPS) is 15.3. The number of rotatable bonds is 6. The third-order valence-electron chi connectivity index (χ3n) is 5.05. The summed E-state index contributed by atoms with van der Waals surface area (Å²) in [6.45, 7) is 2.69. The molecular weight excluding hydrogens is 428 g/mol. The summed E-state index contributed by atoms with van der Waals surface area (Å²) in [5, 5.41) is 0.808. The van der Waals surface area contributed by atoms with Gasteiger partial charge >= 0.3 is 0 Å². The van der Waals surface area contributed by atoms with Crippen LogP contribution in [0.15, 0.2) is 47.4 Å². The summed E-state index contributed by atoms with van der Waals surface area (Å²) in [6.07, 6.45) is 1.58. The molecule has 0 aromatic heterocycles. The maximum absolute atomic E-state index is 12.9. The maximum Gasteiger partial charge on any atom is 0.242 e. The predicted molar refractivity (Wildman–Crippen MR) is 120 cm³/mol. The molecule has 2 aromatic carbocycles. The number of aryl methyl sites for hydroxylation is 1. The number of nitrogens with zero attached hydrogens (tertiary/aromatic N) is 2. The molecule has 0 N–H and O–H groups in total. The van der Waals surface area contributed by atoms with Crippen molar-refractivity contribution >= 4 is 45.0 Å². The van der Waals surface area contributed by atoms with E-state index in [4.69, 9.17) is 11.6 Å². The van der Waals surface area contributed by atoms with Crippen LogP contribution in [0.3, 0.4) is 0 Å². The zero-order valence-electron chi connectivity index (χ0n) is 16.8. The van der Waals surface area contributed by atoms with Gasteiger partial charge in [0.25, 0.3) is 0 Å². The average Bonchev–Trinajstić information content (AvgIpc) is 2.71. The van der Waals surface area contributed by atoms with E-state index in [1.165, 1.54) is 18.4 Å². The van der Waals surface area contributed by atoms with E-state index in [0.717, 1.165) is 29.7 Å². The van der Waals surface area contributed by atoms with Crippen molar-refractivity contribution in [1.82, 2.24) is 4.31 Å². The van der Waals surface area contributed by atoms with E-state index in [0.29, 0.717) is 17.3 Å². The summed E-state index contributed by atoms with van der Waals surface area (Å²) in [4.78, 5) is 15.0. The van der Waals surface area contributed by atoms with Crippen molar-refractivity contribution in [2.24, 2.45) is 0 Å². The monoisotopic (exact) mass is 452 g/mol. The van der Waals surface area contributed by atoms with Crippen LogP contribution in [-0.4, -0.2) is 45.0 Å². The van der Waals surface area contributed by atoms with Crippen LogP contribution >= 0.6 is 23.4 Å². The number of fused-ring (bicyclic) bond motifs is 1. The fourth-order valence-corrected chi connectivity index (χ4v) is 5.62. The van der Waals surface area contributed by atoms with Gasteiger partial charge in [-0.25, -0.2) is 12.7 Å². The van der Waals surface area contributed by atoms with Gasteiger partial charge in [0.05, 0.1) is 10.6 Å². The molecule has 3 rings (SSSR count). The van der Waals surface area contributed by atoms with Gasteiger partial charge in [-0.2, -0.15) is 0 Å². The molecule has 0 aliphatic carbocycles. The number of carbonyl (C=O) groups excluding carboxylic acids is 1. The van der Waals surface area contributed by atoms with E-state index >= 15 is 0 Å². The number of benzene rings is 2. The molecule has 1 atom stereocenters. The molecule has 5 nitrogen and oxygen atoms in total. The summed E-state index contributed by atoms with van der Waals surface area (Å²) in [6, 6.07) is 12.7. The molecule has 1 aliphatic heterocycles. The van der Waals surface area contributed by atoms with E-state index in [2.05, 4.69) is 0 Å². The first-order valence-electron chi connectivity index (χ1n) is 9.43. The van der Waals surface area contributed by atoms with Crippen molar-refractivity contribution in [3.63, 3.8) is 0 Å². The lowest BCUT2D eigenvalue weighted by Crippen LogP contribution is -2.37. The van der Waals surface area contributed by atoms with E-state index < -0.39 is 10.0 Å². The molecule has 29 heavy (non-hydrogen) atoms. The van der Waals surface area contributed by atoms with Crippen molar-refractivity contribution in [3.8, 4) is 0 Å². The van der Waals surface area contributed by atoms with Crippen molar-refractivity contribution in [3.05, 3.63) is 58.6 Å². The highest BCUT2D eigenvalue weighted by Gasteiger charge is 2.26. The zero-order valence-corrected chi connectivity index (χ0v) is 19.1. The second-order valence-corrected chi connectivity index (χ2v) is 11.1. The summed E-state index contributed by atoms with van der Waals surface area (Å²) in [5.74, 6) is 0.363.